The summed E-state index contributed by atoms with van der Waals surface area (Å²) in [5.74, 6) is 0.0700. The summed E-state index contributed by atoms with van der Waals surface area (Å²) < 4.78 is 43.0. The van der Waals surface area contributed by atoms with Gasteiger partial charge in [0.05, 0.1) is 6.10 Å². The lowest BCUT2D eigenvalue weighted by molar-refractivity contribution is -0.216. The van der Waals surface area contributed by atoms with E-state index >= 15 is 0 Å². The lowest BCUT2D eigenvalue weighted by Crippen LogP contribution is -2.59. The largest absolute Gasteiger partial charge is 0.406 e. The number of hydrogen-bond acceptors (Lipinski definition) is 2. The Kier molecular flexibility index (Phi) is 3.11. The van der Waals surface area contributed by atoms with Gasteiger partial charge in [0.15, 0.2) is 0 Å². The van der Waals surface area contributed by atoms with Gasteiger partial charge >= 0.3 is 6.18 Å². The summed E-state index contributed by atoms with van der Waals surface area (Å²) in [5, 5.41) is 0. The predicted molar refractivity (Wildman–Crippen MR) is 46.8 cm³/mol. The molecule has 0 aliphatic carbocycles. The van der Waals surface area contributed by atoms with Crippen LogP contribution in [-0.4, -0.2) is 24.4 Å². The van der Waals surface area contributed by atoms with Crippen molar-refractivity contribution in [2.24, 2.45) is 11.7 Å². The molecule has 2 unspecified atom stereocenters. The van der Waals surface area contributed by atoms with Crippen molar-refractivity contribution in [1.29, 1.82) is 0 Å². The van der Waals surface area contributed by atoms with Crippen molar-refractivity contribution in [2.75, 3.05) is 6.61 Å². The molecule has 0 aromatic rings. The number of halogens is 3. The third-order valence-corrected chi connectivity index (χ3v) is 2.75. The Morgan fingerprint density at radius 3 is 2.43 bits per heavy atom. The van der Waals surface area contributed by atoms with E-state index in [1.165, 1.54) is 0 Å². The second-order valence-corrected chi connectivity index (χ2v) is 4.26. The number of rotatable bonds is 1. The fraction of sp³-hybridized carbons (Fsp3) is 1.00. The molecular formula is C9H16F3NO. The van der Waals surface area contributed by atoms with Crippen LogP contribution < -0.4 is 5.73 Å². The summed E-state index contributed by atoms with van der Waals surface area (Å²) in [7, 11) is 0. The van der Waals surface area contributed by atoms with Crippen LogP contribution in [0.5, 0.6) is 0 Å². The molecule has 0 aromatic carbocycles. The lowest BCUT2D eigenvalue weighted by atomic mass is 9.83. The first-order valence-electron chi connectivity index (χ1n) is 4.73. The third-order valence-electron chi connectivity index (χ3n) is 2.75. The molecule has 14 heavy (non-hydrogen) atoms. The molecule has 0 aromatic heterocycles. The molecule has 1 saturated heterocycles. The molecule has 1 fully saturated rings. The molecular weight excluding hydrogens is 195 g/mol. The van der Waals surface area contributed by atoms with E-state index < -0.39 is 11.7 Å². The first-order valence-corrected chi connectivity index (χ1v) is 4.73. The number of hydrogen-bond donors (Lipinski definition) is 1. The zero-order valence-electron chi connectivity index (χ0n) is 8.40. The standard InChI is InChI=1S/C9H16F3NO/c1-6(2)7-5-8(13,3-4-14-7)9(10,11)12/h6-7H,3-5,13H2,1-2H3. The van der Waals surface area contributed by atoms with Crippen LogP contribution in [0.25, 0.3) is 0 Å². The van der Waals surface area contributed by atoms with Crippen LogP contribution in [0.3, 0.4) is 0 Å². The Morgan fingerprint density at radius 2 is 2.00 bits per heavy atom. The zero-order chi connectivity index (χ0) is 11.0. The molecule has 0 bridgehead atoms. The Labute approximate surface area is 81.6 Å². The van der Waals surface area contributed by atoms with Crippen molar-refractivity contribution in [3.8, 4) is 0 Å². The molecule has 1 aliphatic rings. The molecule has 1 rings (SSSR count). The van der Waals surface area contributed by atoms with E-state index in [9.17, 15) is 13.2 Å². The highest BCUT2D eigenvalue weighted by Crippen LogP contribution is 2.39. The highest BCUT2D eigenvalue weighted by Gasteiger charge is 2.54. The second-order valence-electron chi connectivity index (χ2n) is 4.26. The highest BCUT2D eigenvalue weighted by molar-refractivity contribution is 4.96. The molecule has 0 amide bonds. The minimum absolute atomic E-state index is 0.0700. The van der Waals surface area contributed by atoms with Gasteiger partial charge in [-0.1, -0.05) is 13.8 Å². The molecule has 2 nitrogen and oxygen atoms in total. The van der Waals surface area contributed by atoms with Crippen molar-refractivity contribution >= 4 is 0 Å². The van der Waals surface area contributed by atoms with E-state index in [2.05, 4.69) is 0 Å². The van der Waals surface area contributed by atoms with E-state index in [4.69, 9.17) is 10.5 Å². The van der Waals surface area contributed by atoms with Crippen LogP contribution >= 0.6 is 0 Å². The lowest BCUT2D eigenvalue weighted by Gasteiger charge is -2.40. The minimum Gasteiger partial charge on any atom is -0.378 e. The van der Waals surface area contributed by atoms with Gasteiger partial charge < -0.3 is 10.5 Å². The quantitative estimate of drug-likeness (QED) is 0.720. The first kappa shape index (κ1) is 11.8. The first-order chi connectivity index (χ1) is 6.26. The Balaban J connectivity index is 2.72. The van der Waals surface area contributed by atoms with Gasteiger partial charge in [-0.2, -0.15) is 13.2 Å². The van der Waals surface area contributed by atoms with Gasteiger partial charge in [-0.05, 0) is 12.3 Å². The Bertz CT molecular complexity index is 205. The van der Waals surface area contributed by atoms with Crippen molar-refractivity contribution < 1.29 is 17.9 Å². The Morgan fingerprint density at radius 1 is 1.43 bits per heavy atom. The van der Waals surface area contributed by atoms with E-state index in [1.807, 2.05) is 13.8 Å². The fourth-order valence-corrected chi connectivity index (χ4v) is 1.60. The molecule has 0 saturated carbocycles. The summed E-state index contributed by atoms with van der Waals surface area (Å²) in [6.45, 7) is 3.78. The van der Waals surface area contributed by atoms with Gasteiger partial charge in [-0.25, -0.2) is 0 Å². The van der Waals surface area contributed by atoms with Gasteiger partial charge in [-0.3, -0.25) is 0 Å². The van der Waals surface area contributed by atoms with E-state index in [-0.39, 0.29) is 31.5 Å². The summed E-state index contributed by atoms with van der Waals surface area (Å²) in [4.78, 5) is 0. The average molecular weight is 211 g/mol. The molecule has 2 N–H and O–H groups in total. The van der Waals surface area contributed by atoms with Crippen LogP contribution in [0.15, 0.2) is 0 Å². The van der Waals surface area contributed by atoms with Crippen LogP contribution in [0.2, 0.25) is 0 Å². The van der Waals surface area contributed by atoms with Gasteiger partial charge in [0.1, 0.15) is 5.54 Å². The van der Waals surface area contributed by atoms with Gasteiger partial charge in [0.25, 0.3) is 0 Å². The van der Waals surface area contributed by atoms with Crippen molar-refractivity contribution in [3.63, 3.8) is 0 Å². The minimum atomic E-state index is -4.33. The smallest absolute Gasteiger partial charge is 0.378 e. The molecule has 1 heterocycles. The van der Waals surface area contributed by atoms with E-state index in [0.29, 0.717) is 0 Å². The topological polar surface area (TPSA) is 35.2 Å². The van der Waals surface area contributed by atoms with Crippen LogP contribution in [-0.2, 0) is 4.74 Å². The maximum absolute atomic E-state index is 12.6. The van der Waals surface area contributed by atoms with Crippen molar-refractivity contribution in [2.45, 2.75) is 44.5 Å². The molecule has 84 valence electrons. The summed E-state index contributed by atoms with van der Waals surface area (Å²) in [5.41, 5.74) is 3.30. The molecule has 0 radical (unpaired) electrons. The van der Waals surface area contributed by atoms with Crippen molar-refractivity contribution in [3.05, 3.63) is 0 Å². The summed E-state index contributed by atoms with van der Waals surface area (Å²) >= 11 is 0. The highest BCUT2D eigenvalue weighted by atomic mass is 19.4. The zero-order valence-corrected chi connectivity index (χ0v) is 8.40. The van der Waals surface area contributed by atoms with Crippen LogP contribution in [0.1, 0.15) is 26.7 Å². The van der Waals surface area contributed by atoms with Gasteiger partial charge in [-0.15, -0.1) is 0 Å². The predicted octanol–water partition coefficient (Wildman–Crippen LogP) is 2.08. The monoisotopic (exact) mass is 211 g/mol. The second kappa shape index (κ2) is 3.70. The SMILES string of the molecule is CC(C)C1CC(N)(C(F)(F)F)CCO1. The van der Waals surface area contributed by atoms with Gasteiger partial charge in [0.2, 0.25) is 0 Å². The summed E-state index contributed by atoms with van der Waals surface area (Å²) in [6.07, 6.45) is -4.98. The Hall–Kier alpha value is -0.290. The number of alkyl halides is 3. The van der Waals surface area contributed by atoms with Crippen LogP contribution in [0, 0.1) is 5.92 Å². The molecule has 5 heteroatoms. The fourth-order valence-electron chi connectivity index (χ4n) is 1.60. The number of nitrogens with two attached hydrogens (primary N) is 1. The van der Waals surface area contributed by atoms with Gasteiger partial charge in [0, 0.05) is 13.0 Å². The van der Waals surface area contributed by atoms with Crippen molar-refractivity contribution in [1.82, 2.24) is 0 Å². The van der Waals surface area contributed by atoms with E-state index in [1.54, 1.807) is 0 Å². The third kappa shape index (κ3) is 2.20. The molecule has 1 aliphatic heterocycles. The maximum Gasteiger partial charge on any atom is 0.406 e. The molecule has 0 spiro atoms. The maximum atomic E-state index is 12.6. The average Bonchev–Trinajstić information content (AvgIpc) is 2.02. The normalized spacial score (nSPS) is 34.9. The molecule has 2 atom stereocenters. The van der Waals surface area contributed by atoms with E-state index in [0.717, 1.165) is 0 Å². The van der Waals surface area contributed by atoms with Crippen LogP contribution in [0.4, 0.5) is 13.2 Å². The number of ether oxygens (including phenoxy) is 1. The summed E-state index contributed by atoms with van der Waals surface area (Å²) in [6, 6.07) is 0.